The minimum Gasteiger partial charge on any atom is -0.487 e. The van der Waals surface area contributed by atoms with Gasteiger partial charge in [-0.1, -0.05) is 17.7 Å². The molecule has 1 aromatic carbocycles. The molecule has 3 aliphatic rings. The number of rotatable bonds is 14. The summed E-state index contributed by atoms with van der Waals surface area (Å²) in [6.07, 6.45) is 14.5. The normalized spacial score (nSPS) is 25.1. The summed E-state index contributed by atoms with van der Waals surface area (Å²) in [5.74, 6) is 1.47. The first kappa shape index (κ1) is 37.4. The lowest BCUT2D eigenvalue weighted by Gasteiger charge is -2.42. The largest absolute Gasteiger partial charge is 0.487 e. The van der Waals surface area contributed by atoms with Gasteiger partial charge in [0.25, 0.3) is 5.88 Å². The van der Waals surface area contributed by atoms with E-state index < -0.39 is 0 Å². The van der Waals surface area contributed by atoms with Gasteiger partial charge < -0.3 is 29.0 Å². The standard InChI is InChI=1S/C37H51ClN10O5/c1-24-18-46(19-25(2)51-24)30-9-11-31(12-10-30)48-21-33(36(43-48)50-22-27(4)53-35-7-5-6-14-49-35)42-37-39-16-29(17-40-37)28-8-13-32(38)34(15-28)52-26(3)20-47-23-41-44-45-47/h8,13,15-17,21,23-27,30-31,35H,5-7,9-12,14,18-20,22H2,1-4H3,(H,39,40,42)/t24-,25+,26-,27+,30-,31-,35?/m0/s1. The predicted octanol–water partition coefficient (Wildman–Crippen LogP) is 6.09. The Morgan fingerprint density at radius 2 is 1.74 bits per heavy atom. The number of hydrogen-bond acceptors (Lipinski definition) is 13. The van der Waals surface area contributed by atoms with Gasteiger partial charge in [-0.25, -0.2) is 14.6 Å². The molecular formula is C37H51ClN10O5. The Morgan fingerprint density at radius 1 is 0.962 bits per heavy atom. The maximum atomic E-state index is 6.49. The Morgan fingerprint density at radius 3 is 2.45 bits per heavy atom. The van der Waals surface area contributed by atoms with Gasteiger partial charge >= 0.3 is 0 Å². The lowest BCUT2D eigenvalue weighted by molar-refractivity contribution is -0.189. The molecule has 4 aromatic rings. The first-order chi connectivity index (χ1) is 25.8. The zero-order valence-corrected chi connectivity index (χ0v) is 31.8. The van der Waals surface area contributed by atoms with E-state index in [2.05, 4.69) is 54.2 Å². The second kappa shape index (κ2) is 17.5. The lowest BCUT2D eigenvalue weighted by Crippen LogP contribution is -2.51. The van der Waals surface area contributed by atoms with E-state index in [4.69, 9.17) is 40.4 Å². The molecule has 7 rings (SSSR count). The number of hydrogen-bond donors (Lipinski definition) is 1. The van der Waals surface area contributed by atoms with Crippen molar-refractivity contribution in [1.29, 1.82) is 0 Å². The van der Waals surface area contributed by atoms with Crippen LogP contribution in [0.5, 0.6) is 11.6 Å². The molecule has 3 aromatic heterocycles. The van der Waals surface area contributed by atoms with Crippen molar-refractivity contribution in [3.8, 4) is 22.8 Å². The molecule has 1 saturated carbocycles. The molecule has 1 unspecified atom stereocenters. The maximum Gasteiger partial charge on any atom is 0.257 e. The van der Waals surface area contributed by atoms with E-state index in [1.807, 2.05) is 32.2 Å². The Kier molecular flexibility index (Phi) is 12.4. The minimum atomic E-state index is -0.214. The predicted molar refractivity (Wildman–Crippen MR) is 198 cm³/mol. The molecule has 1 N–H and O–H groups in total. The Labute approximate surface area is 315 Å². The molecule has 0 spiro atoms. The van der Waals surface area contributed by atoms with Crippen LogP contribution in [0.3, 0.4) is 0 Å². The van der Waals surface area contributed by atoms with Gasteiger partial charge in [-0.15, -0.1) is 10.2 Å². The summed E-state index contributed by atoms with van der Waals surface area (Å²) in [5.41, 5.74) is 2.39. The number of ether oxygens (including phenoxy) is 5. The van der Waals surface area contributed by atoms with Gasteiger partial charge in [0.2, 0.25) is 5.95 Å². The van der Waals surface area contributed by atoms with E-state index in [0.29, 0.717) is 47.5 Å². The molecule has 286 valence electrons. The van der Waals surface area contributed by atoms with Gasteiger partial charge in [0.15, 0.2) is 6.29 Å². The van der Waals surface area contributed by atoms with Gasteiger partial charge in [0.1, 0.15) is 30.5 Å². The molecule has 53 heavy (non-hydrogen) atoms. The van der Waals surface area contributed by atoms with Crippen LogP contribution >= 0.6 is 11.6 Å². The third kappa shape index (κ3) is 10.0. The van der Waals surface area contributed by atoms with Crippen LogP contribution in [-0.2, 0) is 20.8 Å². The van der Waals surface area contributed by atoms with Crippen LogP contribution < -0.4 is 14.8 Å². The molecule has 5 heterocycles. The molecule has 16 heteroatoms. The minimum absolute atomic E-state index is 0.170. The number of tetrazole rings is 1. The van der Waals surface area contributed by atoms with Gasteiger partial charge in [-0.3, -0.25) is 9.58 Å². The van der Waals surface area contributed by atoms with Crippen LogP contribution in [0, 0.1) is 0 Å². The highest BCUT2D eigenvalue weighted by molar-refractivity contribution is 6.32. The van der Waals surface area contributed by atoms with Crippen LogP contribution in [0.2, 0.25) is 5.02 Å². The van der Waals surface area contributed by atoms with Crippen molar-refractivity contribution in [2.45, 2.75) is 122 Å². The zero-order chi connectivity index (χ0) is 36.7. The smallest absolute Gasteiger partial charge is 0.257 e. The average molecular weight is 751 g/mol. The summed E-state index contributed by atoms with van der Waals surface area (Å²) >= 11 is 6.49. The fourth-order valence-corrected chi connectivity index (χ4v) is 7.65. The van der Waals surface area contributed by atoms with Crippen molar-refractivity contribution in [1.82, 2.24) is 44.9 Å². The topological polar surface area (TPSA) is 149 Å². The molecule has 0 radical (unpaired) electrons. The Hall–Kier alpha value is -3.89. The fraction of sp³-hybridized carbons (Fsp3) is 0.622. The summed E-state index contributed by atoms with van der Waals surface area (Å²) in [7, 11) is 0. The Balaban J connectivity index is 1.02. The van der Waals surface area contributed by atoms with Crippen LogP contribution in [0.4, 0.5) is 11.6 Å². The van der Waals surface area contributed by atoms with E-state index in [9.17, 15) is 0 Å². The van der Waals surface area contributed by atoms with Crippen molar-refractivity contribution in [3.63, 3.8) is 0 Å². The van der Waals surface area contributed by atoms with Crippen molar-refractivity contribution >= 4 is 23.2 Å². The summed E-state index contributed by atoms with van der Waals surface area (Å²) < 4.78 is 34.0. The highest BCUT2D eigenvalue weighted by Gasteiger charge is 2.32. The summed E-state index contributed by atoms with van der Waals surface area (Å²) in [4.78, 5) is 11.9. The highest BCUT2D eigenvalue weighted by Crippen LogP contribution is 2.36. The SMILES string of the molecule is C[C@H](COc1nn([C@H]2CC[C@H](N3C[C@@H](C)O[C@@H](C)C3)CC2)cc1Nc1ncc(-c2ccc(Cl)c(O[C@@H](C)Cn3cnnn3)c2)cn1)OC1CCCCO1. The van der Waals surface area contributed by atoms with Crippen molar-refractivity contribution in [2.75, 3.05) is 31.6 Å². The van der Waals surface area contributed by atoms with Gasteiger partial charge in [0.05, 0.1) is 42.1 Å². The second-order valence-electron chi connectivity index (χ2n) is 14.6. The summed E-state index contributed by atoms with van der Waals surface area (Å²) in [6, 6.07) is 6.45. The van der Waals surface area contributed by atoms with Crippen molar-refractivity contribution < 1.29 is 23.7 Å². The summed E-state index contributed by atoms with van der Waals surface area (Å²) in [5, 5.41) is 20.1. The van der Waals surface area contributed by atoms with E-state index >= 15 is 0 Å². The molecule has 0 amide bonds. The third-order valence-corrected chi connectivity index (χ3v) is 10.3. The number of aromatic nitrogens is 8. The Bertz CT molecular complexity index is 1720. The quantitative estimate of drug-likeness (QED) is 0.159. The lowest BCUT2D eigenvalue weighted by atomic mass is 9.89. The van der Waals surface area contributed by atoms with Gasteiger partial charge in [-0.05, 0) is 101 Å². The van der Waals surface area contributed by atoms with E-state index in [0.717, 1.165) is 75.8 Å². The van der Waals surface area contributed by atoms with Crippen LogP contribution in [-0.4, -0.2) is 108 Å². The number of halogens is 1. The fourth-order valence-electron chi connectivity index (χ4n) is 7.49. The molecule has 3 fully saturated rings. The van der Waals surface area contributed by atoms with Crippen molar-refractivity contribution in [3.05, 3.63) is 48.1 Å². The van der Waals surface area contributed by atoms with Crippen molar-refractivity contribution in [2.24, 2.45) is 0 Å². The first-order valence-electron chi connectivity index (χ1n) is 18.9. The summed E-state index contributed by atoms with van der Waals surface area (Å²) in [6.45, 7) is 11.8. The number of benzene rings is 1. The molecule has 1 aliphatic carbocycles. The van der Waals surface area contributed by atoms with Crippen LogP contribution in [0.1, 0.15) is 78.7 Å². The van der Waals surface area contributed by atoms with Crippen LogP contribution in [0.15, 0.2) is 43.1 Å². The maximum absolute atomic E-state index is 6.49. The third-order valence-electron chi connectivity index (χ3n) is 10.0. The second-order valence-corrected chi connectivity index (χ2v) is 15.0. The molecule has 5 atom stereocenters. The monoisotopic (exact) mass is 750 g/mol. The molecule has 0 bridgehead atoms. The molecule has 15 nitrogen and oxygen atoms in total. The zero-order valence-electron chi connectivity index (χ0n) is 31.0. The molecular weight excluding hydrogens is 700 g/mol. The first-order valence-corrected chi connectivity index (χ1v) is 19.3. The highest BCUT2D eigenvalue weighted by atomic mass is 35.5. The van der Waals surface area contributed by atoms with E-state index in [1.54, 1.807) is 29.5 Å². The van der Waals surface area contributed by atoms with E-state index in [1.165, 1.54) is 0 Å². The van der Waals surface area contributed by atoms with Crippen LogP contribution in [0.25, 0.3) is 11.1 Å². The number of nitrogens with one attached hydrogen (secondary N) is 1. The molecule has 2 saturated heterocycles. The van der Waals surface area contributed by atoms with Gasteiger partial charge in [0, 0.05) is 43.7 Å². The number of anilines is 2. The van der Waals surface area contributed by atoms with Gasteiger partial charge in [-0.2, -0.15) is 0 Å². The van der Waals surface area contributed by atoms with E-state index in [-0.39, 0.29) is 36.7 Å². The number of morpholine rings is 1. The average Bonchev–Trinajstić information content (AvgIpc) is 3.82. The number of nitrogens with zero attached hydrogens (tertiary/aromatic N) is 9. The molecule has 2 aliphatic heterocycles.